The molecule has 3 rings (SSSR count). The van der Waals surface area contributed by atoms with Gasteiger partial charge < -0.3 is 14.8 Å². The van der Waals surface area contributed by atoms with Crippen molar-refractivity contribution in [1.29, 1.82) is 0 Å². The van der Waals surface area contributed by atoms with Crippen molar-refractivity contribution >= 4 is 11.8 Å². The number of imidazole rings is 1. The fraction of sp³-hybridized carbons (Fsp3) is 0.667. The van der Waals surface area contributed by atoms with Crippen LogP contribution in [0.4, 0.5) is 0 Å². The molecule has 114 valence electrons. The number of hydrogen-bond donors (Lipinski definition) is 1. The molecule has 0 radical (unpaired) electrons. The maximum Gasteiger partial charge on any atom is 0.246 e. The SMILES string of the molecule is CCC1C(=O)NC(C2CC2)C(=O)N1CCn1ccnc1C. The average Bonchev–Trinajstić information content (AvgIpc) is 3.22. The molecular weight excluding hydrogens is 268 g/mol. The van der Waals surface area contributed by atoms with E-state index in [9.17, 15) is 9.59 Å². The normalized spacial score (nSPS) is 26.1. The third kappa shape index (κ3) is 2.66. The molecule has 2 atom stereocenters. The first-order valence-corrected chi connectivity index (χ1v) is 7.70. The summed E-state index contributed by atoms with van der Waals surface area (Å²) >= 11 is 0. The number of aryl methyl sites for hydroxylation is 1. The van der Waals surface area contributed by atoms with Crippen molar-refractivity contribution < 1.29 is 9.59 Å². The maximum absolute atomic E-state index is 12.7. The van der Waals surface area contributed by atoms with Gasteiger partial charge in [0.2, 0.25) is 11.8 Å². The Labute approximate surface area is 124 Å². The van der Waals surface area contributed by atoms with E-state index in [1.807, 2.05) is 24.6 Å². The Morgan fingerprint density at radius 2 is 2.10 bits per heavy atom. The van der Waals surface area contributed by atoms with Crippen LogP contribution >= 0.6 is 0 Å². The highest BCUT2D eigenvalue weighted by Gasteiger charge is 2.46. The molecule has 1 aromatic rings. The smallest absolute Gasteiger partial charge is 0.246 e. The molecule has 2 heterocycles. The number of aromatic nitrogens is 2. The summed E-state index contributed by atoms with van der Waals surface area (Å²) in [5, 5.41) is 2.91. The van der Waals surface area contributed by atoms with Gasteiger partial charge in [0, 0.05) is 25.5 Å². The lowest BCUT2D eigenvalue weighted by molar-refractivity contribution is -0.150. The molecule has 21 heavy (non-hydrogen) atoms. The monoisotopic (exact) mass is 290 g/mol. The van der Waals surface area contributed by atoms with Crippen LogP contribution in [0.1, 0.15) is 32.0 Å². The number of piperazine rings is 1. The summed E-state index contributed by atoms with van der Waals surface area (Å²) in [7, 11) is 0. The molecule has 6 nitrogen and oxygen atoms in total. The summed E-state index contributed by atoms with van der Waals surface area (Å²) in [5.41, 5.74) is 0. The molecule has 1 aromatic heterocycles. The highest BCUT2D eigenvalue weighted by Crippen LogP contribution is 2.35. The Morgan fingerprint density at radius 3 is 2.67 bits per heavy atom. The molecule has 0 bridgehead atoms. The summed E-state index contributed by atoms with van der Waals surface area (Å²) in [6.45, 7) is 5.13. The first-order valence-electron chi connectivity index (χ1n) is 7.70. The van der Waals surface area contributed by atoms with Gasteiger partial charge in [-0.05, 0) is 32.1 Å². The first kappa shape index (κ1) is 14.1. The summed E-state index contributed by atoms with van der Waals surface area (Å²) in [5.74, 6) is 1.35. The second-order valence-electron chi connectivity index (χ2n) is 5.95. The molecule has 2 amide bonds. The minimum absolute atomic E-state index is 0.00338. The zero-order valence-electron chi connectivity index (χ0n) is 12.6. The van der Waals surface area contributed by atoms with Crippen LogP contribution in [0.3, 0.4) is 0 Å². The van der Waals surface area contributed by atoms with Crippen LogP contribution in [0.15, 0.2) is 12.4 Å². The second kappa shape index (κ2) is 5.50. The quantitative estimate of drug-likeness (QED) is 0.868. The summed E-state index contributed by atoms with van der Waals surface area (Å²) in [6.07, 6.45) is 6.40. The van der Waals surface area contributed by atoms with E-state index >= 15 is 0 Å². The van der Waals surface area contributed by atoms with Gasteiger partial charge in [0.05, 0.1) is 0 Å². The van der Waals surface area contributed by atoms with Crippen molar-refractivity contribution in [3.05, 3.63) is 18.2 Å². The topological polar surface area (TPSA) is 67.2 Å². The van der Waals surface area contributed by atoms with Crippen molar-refractivity contribution in [2.24, 2.45) is 5.92 Å². The lowest BCUT2D eigenvalue weighted by Gasteiger charge is -2.39. The van der Waals surface area contributed by atoms with Crippen LogP contribution in [0.25, 0.3) is 0 Å². The molecule has 1 saturated carbocycles. The number of amides is 2. The molecule has 2 aliphatic rings. The Balaban J connectivity index is 1.73. The van der Waals surface area contributed by atoms with Gasteiger partial charge in [-0.25, -0.2) is 4.98 Å². The van der Waals surface area contributed by atoms with Gasteiger partial charge in [0.1, 0.15) is 17.9 Å². The van der Waals surface area contributed by atoms with Gasteiger partial charge in [0.15, 0.2) is 0 Å². The highest BCUT2D eigenvalue weighted by molar-refractivity contribution is 5.97. The van der Waals surface area contributed by atoms with Crippen LogP contribution in [0.5, 0.6) is 0 Å². The number of carbonyl (C=O) groups excluding carboxylic acids is 2. The predicted octanol–water partition coefficient (Wildman–Crippen LogP) is 0.707. The first-order chi connectivity index (χ1) is 10.1. The number of nitrogens with zero attached hydrogens (tertiary/aromatic N) is 3. The van der Waals surface area contributed by atoms with Gasteiger partial charge in [-0.3, -0.25) is 9.59 Å². The highest BCUT2D eigenvalue weighted by atomic mass is 16.2. The lowest BCUT2D eigenvalue weighted by atomic mass is 10.0. The molecule has 6 heteroatoms. The van der Waals surface area contributed by atoms with Crippen LogP contribution < -0.4 is 5.32 Å². The third-order valence-corrected chi connectivity index (χ3v) is 4.51. The Kier molecular flexibility index (Phi) is 3.69. The largest absolute Gasteiger partial charge is 0.342 e. The molecule has 0 aromatic carbocycles. The minimum Gasteiger partial charge on any atom is -0.342 e. The maximum atomic E-state index is 12.7. The number of carbonyl (C=O) groups is 2. The standard InChI is InChI=1S/C15H22N4O2/c1-3-12-14(20)17-13(11-4-5-11)15(21)19(12)9-8-18-7-6-16-10(18)2/h6-7,11-13H,3-5,8-9H2,1-2H3,(H,17,20). The Hall–Kier alpha value is -1.85. The van der Waals surface area contributed by atoms with E-state index in [2.05, 4.69) is 10.3 Å². The van der Waals surface area contributed by atoms with E-state index in [1.165, 1.54) is 0 Å². The van der Waals surface area contributed by atoms with Crippen LogP contribution in [0.2, 0.25) is 0 Å². The van der Waals surface area contributed by atoms with Gasteiger partial charge >= 0.3 is 0 Å². The molecule has 2 unspecified atom stereocenters. The van der Waals surface area contributed by atoms with E-state index in [0.717, 1.165) is 18.7 Å². The second-order valence-corrected chi connectivity index (χ2v) is 5.95. The summed E-state index contributed by atoms with van der Waals surface area (Å²) < 4.78 is 2.01. The van der Waals surface area contributed by atoms with E-state index in [0.29, 0.717) is 25.4 Å². The molecule has 1 aliphatic heterocycles. The zero-order chi connectivity index (χ0) is 15.0. The van der Waals surface area contributed by atoms with Gasteiger partial charge in [0.25, 0.3) is 0 Å². The van der Waals surface area contributed by atoms with E-state index in [4.69, 9.17) is 0 Å². The number of nitrogens with one attached hydrogen (secondary N) is 1. The molecule has 1 saturated heterocycles. The van der Waals surface area contributed by atoms with Crippen molar-refractivity contribution in [3.8, 4) is 0 Å². The minimum atomic E-state index is -0.337. The van der Waals surface area contributed by atoms with E-state index in [-0.39, 0.29) is 23.9 Å². The van der Waals surface area contributed by atoms with Crippen molar-refractivity contribution in [2.45, 2.75) is 51.7 Å². The Bertz CT molecular complexity index is 550. The molecule has 1 N–H and O–H groups in total. The summed E-state index contributed by atoms with van der Waals surface area (Å²) in [6, 6.07) is -0.638. The van der Waals surface area contributed by atoms with Crippen molar-refractivity contribution in [2.75, 3.05) is 6.54 Å². The predicted molar refractivity (Wildman–Crippen MR) is 77.4 cm³/mol. The summed E-state index contributed by atoms with van der Waals surface area (Å²) in [4.78, 5) is 30.8. The van der Waals surface area contributed by atoms with E-state index in [1.54, 1.807) is 11.1 Å². The van der Waals surface area contributed by atoms with Crippen LogP contribution in [-0.2, 0) is 16.1 Å². The molecule has 0 spiro atoms. The van der Waals surface area contributed by atoms with Crippen LogP contribution in [0, 0.1) is 12.8 Å². The van der Waals surface area contributed by atoms with Crippen molar-refractivity contribution in [1.82, 2.24) is 19.8 Å². The fourth-order valence-corrected chi connectivity index (χ4v) is 3.06. The van der Waals surface area contributed by atoms with Gasteiger partial charge in [-0.2, -0.15) is 0 Å². The average molecular weight is 290 g/mol. The molecular formula is C15H22N4O2. The third-order valence-electron chi connectivity index (χ3n) is 4.51. The van der Waals surface area contributed by atoms with Crippen LogP contribution in [-0.4, -0.2) is 44.9 Å². The number of hydrogen-bond acceptors (Lipinski definition) is 3. The molecule has 2 fully saturated rings. The zero-order valence-corrected chi connectivity index (χ0v) is 12.6. The lowest BCUT2D eigenvalue weighted by Crippen LogP contribution is -2.64. The van der Waals surface area contributed by atoms with Crippen molar-refractivity contribution in [3.63, 3.8) is 0 Å². The Morgan fingerprint density at radius 1 is 1.33 bits per heavy atom. The van der Waals surface area contributed by atoms with Gasteiger partial charge in [-0.15, -0.1) is 0 Å². The fourth-order valence-electron chi connectivity index (χ4n) is 3.06. The molecule has 1 aliphatic carbocycles. The van der Waals surface area contributed by atoms with E-state index < -0.39 is 0 Å². The van der Waals surface area contributed by atoms with Gasteiger partial charge in [-0.1, -0.05) is 6.92 Å². The number of rotatable bonds is 5.